The Morgan fingerprint density at radius 2 is 1.15 bits per heavy atom. The van der Waals surface area contributed by atoms with Gasteiger partial charge >= 0.3 is 7.12 Å². The van der Waals surface area contributed by atoms with E-state index in [4.69, 9.17) is 19.3 Å². The first-order chi connectivity index (χ1) is 23.3. The molecule has 0 bridgehead atoms. The van der Waals surface area contributed by atoms with Crippen molar-refractivity contribution < 1.29 is 9.31 Å². The molecule has 48 heavy (non-hydrogen) atoms. The summed E-state index contributed by atoms with van der Waals surface area (Å²) in [6, 6.07) is 47.7. The van der Waals surface area contributed by atoms with Crippen LogP contribution in [0.1, 0.15) is 49.9 Å². The highest BCUT2D eigenvalue weighted by molar-refractivity contribution is 6.64. The van der Waals surface area contributed by atoms with Crippen LogP contribution in [-0.2, 0) is 14.7 Å². The summed E-state index contributed by atoms with van der Waals surface area (Å²) in [7, 11) is -0.536. The van der Waals surface area contributed by atoms with Crippen molar-refractivity contribution in [3.8, 4) is 22.4 Å². The average Bonchev–Trinajstić information content (AvgIpc) is 3.55. The van der Waals surface area contributed by atoms with E-state index >= 15 is 0 Å². The van der Waals surface area contributed by atoms with Gasteiger partial charge in [0.15, 0.2) is 0 Å². The first-order valence-electron chi connectivity index (χ1n) is 16.7. The molecule has 2 aliphatic rings. The van der Waals surface area contributed by atoms with Crippen molar-refractivity contribution in [3.63, 3.8) is 0 Å². The minimum atomic E-state index is -0.628. The van der Waals surface area contributed by atoms with Crippen LogP contribution < -0.4 is 5.46 Å². The van der Waals surface area contributed by atoms with E-state index in [-0.39, 0.29) is 0 Å². The first kappa shape index (κ1) is 29.1. The molecule has 4 nitrogen and oxygen atoms in total. The molecule has 0 atom stereocenters. The number of hydrogen-bond acceptors (Lipinski definition) is 4. The minimum Gasteiger partial charge on any atom is -0.399 e. The van der Waals surface area contributed by atoms with Crippen molar-refractivity contribution in [2.75, 3.05) is 0 Å². The third-order valence-electron chi connectivity index (χ3n) is 10.8. The van der Waals surface area contributed by atoms with Crippen molar-refractivity contribution in [1.29, 1.82) is 0 Å². The number of benzene rings is 5. The Morgan fingerprint density at radius 1 is 0.542 bits per heavy atom. The summed E-state index contributed by atoms with van der Waals surface area (Å²) in [5.41, 5.74) is 10.4. The Kier molecular flexibility index (Phi) is 6.33. The minimum absolute atomic E-state index is 0.481. The predicted octanol–water partition coefficient (Wildman–Crippen LogP) is 9.11. The van der Waals surface area contributed by atoms with Gasteiger partial charge in [0.25, 0.3) is 0 Å². The molecule has 0 amide bonds. The van der Waals surface area contributed by atoms with E-state index in [2.05, 4.69) is 155 Å². The second kappa shape index (κ2) is 10.5. The number of aromatic nitrogens is 2. The number of hydrogen-bond donors (Lipinski definition) is 0. The van der Waals surface area contributed by atoms with Crippen LogP contribution in [-0.4, -0.2) is 28.3 Å². The van der Waals surface area contributed by atoms with Gasteiger partial charge in [0.2, 0.25) is 0 Å². The van der Waals surface area contributed by atoms with Crippen LogP contribution in [0.4, 0.5) is 0 Å². The topological polar surface area (TPSA) is 44.2 Å². The molecular weight excluding hydrogens is 587 g/mol. The zero-order valence-corrected chi connectivity index (χ0v) is 27.6. The Labute approximate surface area is 281 Å². The van der Waals surface area contributed by atoms with E-state index < -0.39 is 23.7 Å². The number of fused-ring (bicyclic) bond motifs is 6. The van der Waals surface area contributed by atoms with Crippen LogP contribution in [0.3, 0.4) is 0 Å². The van der Waals surface area contributed by atoms with Crippen molar-refractivity contribution in [2.45, 2.75) is 44.3 Å². The van der Waals surface area contributed by atoms with Crippen LogP contribution in [0.15, 0.2) is 140 Å². The molecule has 1 aliphatic carbocycles. The molecule has 232 valence electrons. The standard InChI is InChI=1S/C43H35BN2O2/c1-41(2)42(3,4)48-44(47-41)35-25-24-33(36-26-23-29-22-21-28-14-13-27-45-39(28)40(29)46-36)38-37(35)32-19-11-12-20-34(32)43(38,30-15-7-5-8-16-30)31-17-9-6-10-18-31/h5-27H,1-4H3. The van der Waals surface area contributed by atoms with Gasteiger partial charge in [-0.2, -0.15) is 0 Å². The molecule has 0 unspecified atom stereocenters. The lowest BCUT2D eigenvalue weighted by Crippen LogP contribution is -2.41. The third-order valence-corrected chi connectivity index (χ3v) is 10.8. The monoisotopic (exact) mass is 622 g/mol. The van der Waals surface area contributed by atoms with Gasteiger partial charge in [0, 0.05) is 22.5 Å². The maximum atomic E-state index is 6.78. The first-order valence-corrected chi connectivity index (χ1v) is 16.7. The number of rotatable bonds is 4. The lowest BCUT2D eigenvalue weighted by Gasteiger charge is -2.35. The molecular formula is C43H35BN2O2. The van der Waals surface area contributed by atoms with Gasteiger partial charge in [-0.1, -0.05) is 121 Å². The van der Waals surface area contributed by atoms with Crippen molar-refractivity contribution >= 4 is 34.4 Å². The lowest BCUT2D eigenvalue weighted by atomic mass is 9.65. The second-order valence-electron chi connectivity index (χ2n) is 14.0. The van der Waals surface area contributed by atoms with Gasteiger partial charge in [0.05, 0.1) is 33.3 Å². The summed E-state index contributed by atoms with van der Waals surface area (Å²) in [4.78, 5) is 10.2. The molecule has 1 fully saturated rings. The summed E-state index contributed by atoms with van der Waals surface area (Å²) < 4.78 is 13.6. The Hall–Kier alpha value is -5.10. The highest BCUT2D eigenvalue weighted by atomic mass is 16.7. The van der Waals surface area contributed by atoms with E-state index in [1.807, 2.05) is 12.3 Å². The van der Waals surface area contributed by atoms with E-state index in [1.165, 1.54) is 27.8 Å². The van der Waals surface area contributed by atoms with Gasteiger partial charge in [-0.25, -0.2) is 4.98 Å². The highest BCUT2D eigenvalue weighted by Crippen LogP contribution is 2.58. The van der Waals surface area contributed by atoms with Crippen LogP contribution >= 0.6 is 0 Å². The largest absolute Gasteiger partial charge is 0.495 e. The molecule has 2 aromatic heterocycles. The normalized spacial score (nSPS) is 17.0. The van der Waals surface area contributed by atoms with Crippen molar-refractivity contribution in [2.24, 2.45) is 0 Å². The van der Waals surface area contributed by atoms with Crippen LogP contribution in [0.5, 0.6) is 0 Å². The Balaban J connectivity index is 1.43. The lowest BCUT2D eigenvalue weighted by molar-refractivity contribution is 0.00578. The summed E-state index contributed by atoms with van der Waals surface area (Å²) in [6.07, 6.45) is 1.85. The van der Waals surface area contributed by atoms with E-state index in [0.717, 1.165) is 44.1 Å². The molecule has 0 saturated carbocycles. The summed E-state index contributed by atoms with van der Waals surface area (Å²) >= 11 is 0. The van der Waals surface area contributed by atoms with Crippen LogP contribution in [0.25, 0.3) is 44.2 Å². The molecule has 0 N–H and O–H groups in total. The molecule has 1 saturated heterocycles. The van der Waals surface area contributed by atoms with Gasteiger partial charge in [0.1, 0.15) is 0 Å². The summed E-state index contributed by atoms with van der Waals surface area (Å²) in [5.74, 6) is 0. The molecule has 0 radical (unpaired) electrons. The smallest absolute Gasteiger partial charge is 0.399 e. The van der Waals surface area contributed by atoms with Crippen molar-refractivity contribution in [1.82, 2.24) is 9.97 Å². The van der Waals surface area contributed by atoms with Crippen molar-refractivity contribution in [3.05, 3.63) is 162 Å². The van der Waals surface area contributed by atoms with Crippen LogP contribution in [0, 0.1) is 0 Å². The van der Waals surface area contributed by atoms with E-state index in [1.54, 1.807) is 0 Å². The average molecular weight is 623 g/mol. The highest BCUT2D eigenvalue weighted by Gasteiger charge is 2.55. The predicted molar refractivity (Wildman–Crippen MR) is 195 cm³/mol. The molecule has 7 aromatic rings. The Bertz CT molecular complexity index is 2310. The fourth-order valence-corrected chi connectivity index (χ4v) is 7.86. The quantitative estimate of drug-likeness (QED) is 0.145. The summed E-state index contributed by atoms with van der Waals surface area (Å²) in [6.45, 7) is 8.46. The summed E-state index contributed by atoms with van der Waals surface area (Å²) in [5, 5.41) is 2.14. The third kappa shape index (κ3) is 4.04. The molecule has 5 aromatic carbocycles. The van der Waals surface area contributed by atoms with Crippen LogP contribution in [0.2, 0.25) is 0 Å². The number of nitrogens with zero attached hydrogens (tertiary/aromatic N) is 2. The fourth-order valence-electron chi connectivity index (χ4n) is 7.86. The SMILES string of the molecule is CC1(C)OB(c2ccc(-c3ccc4ccc5cccnc5c4n3)c3c2-c2ccccc2C3(c2ccccc2)c2ccccc2)OC1(C)C. The van der Waals surface area contributed by atoms with Gasteiger partial charge in [-0.15, -0.1) is 0 Å². The Morgan fingerprint density at radius 3 is 1.83 bits per heavy atom. The fraction of sp³-hybridized carbons (Fsp3) is 0.163. The molecule has 0 spiro atoms. The maximum Gasteiger partial charge on any atom is 0.495 e. The molecule has 9 rings (SSSR count). The zero-order valence-electron chi connectivity index (χ0n) is 27.6. The van der Waals surface area contributed by atoms with E-state index in [9.17, 15) is 0 Å². The maximum absolute atomic E-state index is 6.78. The zero-order chi connectivity index (χ0) is 32.7. The van der Waals surface area contributed by atoms with Gasteiger partial charge < -0.3 is 9.31 Å². The van der Waals surface area contributed by atoms with Gasteiger partial charge in [-0.3, -0.25) is 4.98 Å². The molecule has 5 heteroatoms. The number of pyridine rings is 2. The van der Waals surface area contributed by atoms with E-state index in [0.29, 0.717) is 0 Å². The molecule has 1 aliphatic heterocycles. The molecule has 3 heterocycles. The second-order valence-corrected chi connectivity index (χ2v) is 14.0. The van der Waals surface area contributed by atoms with Gasteiger partial charge in [-0.05, 0) is 78.7 Å².